The molecule has 118 valence electrons. The third kappa shape index (κ3) is 4.77. The molecule has 0 unspecified atom stereocenters. The van der Waals surface area contributed by atoms with Crippen molar-refractivity contribution in [1.29, 1.82) is 0 Å². The molecule has 0 aliphatic rings. The van der Waals surface area contributed by atoms with E-state index in [1.807, 2.05) is 6.07 Å². The zero-order valence-corrected chi connectivity index (χ0v) is 14.1. The first-order chi connectivity index (χ1) is 10.6. The lowest BCUT2D eigenvalue weighted by atomic mass is 10.4. The number of hydrogen-bond donors (Lipinski definition) is 2. The Balaban J connectivity index is 1.86. The van der Waals surface area contributed by atoms with Gasteiger partial charge in [-0.1, -0.05) is 11.6 Å². The first-order valence-corrected chi connectivity index (χ1v) is 8.42. The molecule has 0 fully saturated rings. The van der Waals surface area contributed by atoms with Crippen LogP contribution in [0.5, 0.6) is 0 Å². The van der Waals surface area contributed by atoms with Crippen LogP contribution in [0.25, 0.3) is 9.88 Å². The highest BCUT2D eigenvalue weighted by molar-refractivity contribution is 7.23. The van der Waals surface area contributed by atoms with Crippen molar-refractivity contribution in [3.63, 3.8) is 0 Å². The lowest BCUT2D eigenvalue weighted by molar-refractivity contribution is -0.120. The molecular weight excluding hydrogens is 346 g/mol. The Kier molecular flexibility index (Phi) is 6.32. The highest BCUT2D eigenvalue weighted by atomic mass is 35.5. The highest BCUT2D eigenvalue weighted by Gasteiger charge is 2.13. The summed E-state index contributed by atoms with van der Waals surface area (Å²) >= 11 is 8.64. The number of rotatable bonds is 7. The molecule has 0 spiro atoms. The van der Waals surface area contributed by atoms with Crippen molar-refractivity contribution in [3.05, 3.63) is 27.5 Å². The second-order valence-electron chi connectivity index (χ2n) is 4.17. The molecule has 0 radical (unpaired) electrons. The van der Waals surface area contributed by atoms with Crippen LogP contribution in [0.3, 0.4) is 0 Å². The van der Waals surface area contributed by atoms with Gasteiger partial charge in [-0.2, -0.15) is 0 Å². The van der Waals surface area contributed by atoms with Gasteiger partial charge in [-0.3, -0.25) is 9.59 Å². The standard InChI is InChI=1S/C13H14ClN3O3S2/c1-20-5-4-15-11(18)6-16-12(19)8-7-21-13(17-8)9-2-3-10(14)22-9/h2-3,7H,4-6H2,1H3,(H,15,18)(H,16,19). The van der Waals surface area contributed by atoms with Crippen LogP contribution in [0, 0.1) is 0 Å². The van der Waals surface area contributed by atoms with Gasteiger partial charge in [0.1, 0.15) is 10.7 Å². The van der Waals surface area contributed by atoms with E-state index in [2.05, 4.69) is 15.6 Å². The van der Waals surface area contributed by atoms with E-state index in [0.29, 0.717) is 17.5 Å². The van der Waals surface area contributed by atoms with E-state index in [0.717, 1.165) is 9.88 Å². The van der Waals surface area contributed by atoms with Crippen molar-refractivity contribution in [2.45, 2.75) is 0 Å². The van der Waals surface area contributed by atoms with Gasteiger partial charge >= 0.3 is 0 Å². The Hall–Kier alpha value is -1.48. The number of hydrogen-bond acceptors (Lipinski definition) is 6. The summed E-state index contributed by atoms with van der Waals surface area (Å²) in [4.78, 5) is 28.6. The van der Waals surface area contributed by atoms with Gasteiger partial charge in [0.25, 0.3) is 5.91 Å². The summed E-state index contributed by atoms with van der Waals surface area (Å²) in [6.45, 7) is 0.740. The van der Waals surface area contributed by atoms with Crippen LogP contribution in [-0.2, 0) is 9.53 Å². The molecule has 0 aromatic carbocycles. The van der Waals surface area contributed by atoms with Gasteiger partial charge in [0, 0.05) is 19.0 Å². The number of methoxy groups -OCH3 is 1. The number of thiazole rings is 1. The van der Waals surface area contributed by atoms with Gasteiger partial charge in [-0.15, -0.1) is 22.7 Å². The normalized spacial score (nSPS) is 10.5. The summed E-state index contributed by atoms with van der Waals surface area (Å²) in [6.07, 6.45) is 0. The van der Waals surface area contributed by atoms with Gasteiger partial charge in [-0.25, -0.2) is 4.98 Å². The maximum absolute atomic E-state index is 11.9. The summed E-state index contributed by atoms with van der Waals surface area (Å²) in [5.74, 6) is -0.655. The maximum atomic E-state index is 11.9. The molecule has 9 heteroatoms. The van der Waals surface area contributed by atoms with Crippen LogP contribution in [0.2, 0.25) is 4.34 Å². The van der Waals surface area contributed by atoms with Crippen molar-refractivity contribution in [1.82, 2.24) is 15.6 Å². The molecule has 2 amide bonds. The van der Waals surface area contributed by atoms with E-state index in [1.54, 1.807) is 18.6 Å². The lowest BCUT2D eigenvalue weighted by Crippen LogP contribution is -2.38. The fourth-order valence-electron chi connectivity index (χ4n) is 1.53. The third-order valence-electron chi connectivity index (χ3n) is 2.56. The molecule has 2 heterocycles. The Morgan fingerprint density at radius 3 is 2.86 bits per heavy atom. The fraction of sp³-hybridized carbons (Fsp3) is 0.308. The minimum absolute atomic E-state index is 0.0970. The average molecular weight is 360 g/mol. The molecule has 0 aliphatic heterocycles. The maximum Gasteiger partial charge on any atom is 0.271 e. The summed E-state index contributed by atoms with van der Waals surface area (Å²) in [6, 6.07) is 3.64. The number of carbonyl (C=O) groups excluding carboxylic acids is 2. The summed E-state index contributed by atoms with van der Waals surface area (Å²) < 4.78 is 5.48. The summed E-state index contributed by atoms with van der Waals surface area (Å²) in [5.41, 5.74) is 0.286. The minimum Gasteiger partial charge on any atom is -0.383 e. The number of amides is 2. The largest absolute Gasteiger partial charge is 0.383 e. The monoisotopic (exact) mass is 359 g/mol. The van der Waals surface area contributed by atoms with Gasteiger partial charge in [0.2, 0.25) is 5.91 Å². The first-order valence-electron chi connectivity index (χ1n) is 6.35. The van der Waals surface area contributed by atoms with Gasteiger partial charge in [0.15, 0.2) is 0 Å². The Bertz CT molecular complexity index is 657. The number of nitrogens with zero attached hydrogens (tertiary/aromatic N) is 1. The van der Waals surface area contributed by atoms with Crippen LogP contribution < -0.4 is 10.6 Å². The smallest absolute Gasteiger partial charge is 0.271 e. The summed E-state index contributed by atoms with van der Waals surface area (Å²) in [7, 11) is 1.55. The van der Waals surface area contributed by atoms with Crippen molar-refractivity contribution >= 4 is 46.1 Å². The van der Waals surface area contributed by atoms with Crippen LogP contribution in [-0.4, -0.2) is 43.6 Å². The Labute approximate surface area is 140 Å². The minimum atomic E-state index is -0.382. The number of carbonyl (C=O) groups is 2. The van der Waals surface area contributed by atoms with E-state index >= 15 is 0 Å². The molecule has 2 N–H and O–H groups in total. The average Bonchev–Trinajstić information content (AvgIpc) is 3.13. The van der Waals surface area contributed by atoms with Gasteiger partial charge in [-0.05, 0) is 12.1 Å². The van der Waals surface area contributed by atoms with Crippen molar-refractivity contribution in [2.24, 2.45) is 0 Å². The quantitative estimate of drug-likeness (QED) is 0.741. The van der Waals surface area contributed by atoms with Crippen molar-refractivity contribution in [3.8, 4) is 9.88 Å². The zero-order chi connectivity index (χ0) is 15.9. The second-order valence-corrected chi connectivity index (χ2v) is 6.74. The van der Waals surface area contributed by atoms with Crippen LogP contribution in [0.1, 0.15) is 10.5 Å². The number of halogens is 1. The molecule has 22 heavy (non-hydrogen) atoms. The topological polar surface area (TPSA) is 80.3 Å². The number of thiophene rings is 1. The molecule has 0 bridgehead atoms. The number of nitrogens with one attached hydrogen (secondary N) is 2. The van der Waals surface area contributed by atoms with Crippen LogP contribution in [0.4, 0.5) is 0 Å². The zero-order valence-electron chi connectivity index (χ0n) is 11.7. The molecule has 2 aromatic rings. The molecular formula is C13H14ClN3O3S2. The van der Waals surface area contributed by atoms with E-state index in [9.17, 15) is 9.59 Å². The molecule has 0 atom stereocenters. The highest BCUT2D eigenvalue weighted by Crippen LogP contribution is 2.32. The number of ether oxygens (including phenoxy) is 1. The van der Waals surface area contributed by atoms with Crippen LogP contribution in [0.15, 0.2) is 17.5 Å². The van der Waals surface area contributed by atoms with Crippen molar-refractivity contribution < 1.29 is 14.3 Å². The Morgan fingerprint density at radius 2 is 2.18 bits per heavy atom. The molecule has 2 rings (SSSR count). The van der Waals surface area contributed by atoms with E-state index in [4.69, 9.17) is 16.3 Å². The molecule has 0 saturated carbocycles. The van der Waals surface area contributed by atoms with Crippen LogP contribution >= 0.6 is 34.3 Å². The third-order valence-corrected chi connectivity index (χ3v) is 4.80. The van der Waals surface area contributed by atoms with Gasteiger partial charge in [0.05, 0.1) is 22.4 Å². The predicted octanol–water partition coefficient (Wildman–Crippen LogP) is 2.02. The number of aromatic nitrogens is 1. The predicted molar refractivity (Wildman–Crippen MR) is 87.7 cm³/mol. The summed E-state index contributed by atoms with van der Waals surface area (Å²) in [5, 5.41) is 7.52. The van der Waals surface area contributed by atoms with E-state index in [-0.39, 0.29) is 24.1 Å². The first kappa shape index (κ1) is 16.9. The second kappa shape index (κ2) is 8.23. The van der Waals surface area contributed by atoms with Gasteiger partial charge < -0.3 is 15.4 Å². The lowest BCUT2D eigenvalue weighted by Gasteiger charge is -2.05. The SMILES string of the molecule is COCCNC(=O)CNC(=O)c1csc(-c2ccc(Cl)s2)n1. The van der Waals surface area contributed by atoms with E-state index < -0.39 is 0 Å². The van der Waals surface area contributed by atoms with E-state index in [1.165, 1.54) is 22.7 Å². The Morgan fingerprint density at radius 1 is 1.36 bits per heavy atom. The molecule has 6 nitrogen and oxygen atoms in total. The molecule has 0 aliphatic carbocycles. The van der Waals surface area contributed by atoms with Crippen molar-refractivity contribution in [2.75, 3.05) is 26.8 Å². The molecule has 2 aromatic heterocycles. The molecule has 0 saturated heterocycles. The fourth-order valence-corrected chi connectivity index (χ4v) is 3.44.